The molecule has 3 aromatic carbocycles. The van der Waals surface area contributed by atoms with E-state index in [4.69, 9.17) is 27.9 Å². The molecule has 0 radical (unpaired) electrons. The van der Waals surface area contributed by atoms with Crippen LogP contribution in [0.25, 0.3) is 6.08 Å². The summed E-state index contributed by atoms with van der Waals surface area (Å²) in [7, 11) is 0. The minimum absolute atomic E-state index is 0.165. The van der Waals surface area contributed by atoms with Gasteiger partial charge in [0.2, 0.25) is 0 Å². The molecule has 1 saturated heterocycles. The van der Waals surface area contributed by atoms with Gasteiger partial charge < -0.3 is 4.74 Å². The van der Waals surface area contributed by atoms with Crippen LogP contribution < -0.4 is 15.0 Å². The average Bonchev–Trinajstić information content (AvgIpc) is 2.78. The van der Waals surface area contributed by atoms with Gasteiger partial charge in [-0.25, -0.2) is 9.69 Å². The lowest BCUT2D eigenvalue weighted by Crippen LogP contribution is -2.54. The number of ether oxygens (including phenoxy) is 1. The Morgan fingerprint density at radius 2 is 1.67 bits per heavy atom. The highest BCUT2D eigenvalue weighted by Gasteiger charge is 2.37. The lowest BCUT2D eigenvalue weighted by atomic mass is 10.1. The number of rotatable bonds is 5. The molecule has 1 heterocycles. The summed E-state index contributed by atoms with van der Waals surface area (Å²) in [6, 6.07) is 18.3. The van der Waals surface area contributed by atoms with E-state index in [-0.39, 0.29) is 5.57 Å². The predicted molar refractivity (Wildman–Crippen MR) is 127 cm³/mol. The number of carbonyl (C=O) groups is 3. The predicted octanol–water partition coefficient (Wildman–Crippen LogP) is 5.55. The van der Waals surface area contributed by atoms with Gasteiger partial charge in [-0.15, -0.1) is 0 Å². The van der Waals surface area contributed by atoms with Crippen molar-refractivity contribution in [3.05, 3.63) is 99.0 Å². The summed E-state index contributed by atoms with van der Waals surface area (Å²) >= 11 is 12.0. The maximum Gasteiger partial charge on any atom is 0.335 e. The van der Waals surface area contributed by atoms with Crippen molar-refractivity contribution >= 4 is 52.8 Å². The number of benzene rings is 3. The molecular weight excluding hydrogens is 463 g/mol. The fourth-order valence-corrected chi connectivity index (χ4v) is 3.70. The Morgan fingerprint density at radius 3 is 2.39 bits per heavy atom. The van der Waals surface area contributed by atoms with E-state index in [9.17, 15) is 14.4 Å². The lowest BCUT2D eigenvalue weighted by molar-refractivity contribution is -0.122. The Hall–Kier alpha value is -3.61. The molecule has 0 saturated carbocycles. The second-order valence-electron chi connectivity index (χ2n) is 7.38. The van der Waals surface area contributed by atoms with Crippen molar-refractivity contribution < 1.29 is 19.1 Å². The summed E-state index contributed by atoms with van der Waals surface area (Å²) in [5.41, 5.74) is 2.34. The first-order valence-electron chi connectivity index (χ1n) is 9.97. The van der Waals surface area contributed by atoms with E-state index >= 15 is 0 Å². The number of anilines is 1. The summed E-state index contributed by atoms with van der Waals surface area (Å²) in [5.74, 6) is -0.875. The molecular formula is C25H18Cl2N2O4. The van der Waals surface area contributed by atoms with Crippen LogP contribution in [-0.4, -0.2) is 17.8 Å². The maximum atomic E-state index is 13.1. The number of amides is 4. The van der Waals surface area contributed by atoms with Crippen LogP contribution in [0.4, 0.5) is 10.5 Å². The minimum atomic E-state index is -0.822. The number of carbonyl (C=O) groups excluding carboxylic acids is 3. The van der Waals surface area contributed by atoms with Crippen LogP contribution in [0.5, 0.6) is 5.75 Å². The second-order valence-corrected chi connectivity index (χ2v) is 8.25. The molecule has 4 rings (SSSR count). The topological polar surface area (TPSA) is 75.7 Å². The molecule has 1 fully saturated rings. The lowest BCUT2D eigenvalue weighted by Gasteiger charge is -2.27. The third-order valence-electron chi connectivity index (χ3n) is 5.00. The Bertz CT molecular complexity index is 1290. The molecule has 0 bridgehead atoms. The van der Waals surface area contributed by atoms with Gasteiger partial charge in [-0.2, -0.15) is 0 Å². The number of hydrogen-bond donors (Lipinski definition) is 1. The molecule has 1 aliphatic rings. The van der Waals surface area contributed by atoms with Crippen LogP contribution in [0.1, 0.15) is 16.7 Å². The van der Waals surface area contributed by atoms with E-state index < -0.39 is 17.8 Å². The summed E-state index contributed by atoms with van der Waals surface area (Å²) in [5, 5.41) is 3.21. The first kappa shape index (κ1) is 22.6. The second kappa shape index (κ2) is 9.48. The van der Waals surface area contributed by atoms with Gasteiger partial charge in [0.25, 0.3) is 11.8 Å². The summed E-state index contributed by atoms with van der Waals surface area (Å²) < 4.78 is 5.76. The number of hydrogen-bond acceptors (Lipinski definition) is 4. The van der Waals surface area contributed by atoms with Crippen LogP contribution in [-0.2, 0) is 16.2 Å². The zero-order valence-corrected chi connectivity index (χ0v) is 19.0. The Balaban J connectivity index is 1.54. The van der Waals surface area contributed by atoms with Crippen molar-refractivity contribution in [2.45, 2.75) is 13.5 Å². The first-order chi connectivity index (χ1) is 15.8. The molecule has 0 aliphatic carbocycles. The average molecular weight is 481 g/mol. The van der Waals surface area contributed by atoms with Crippen molar-refractivity contribution in [1.29, 1.82) is 0 Å². The zero-order chi connectivity index (χ0) is 23.5. The van der Waals surface area contributed by atoms with Gasteiger partial charge in [-0.3, -0.25) is 14.9 Å². The molecule has 0 unspecified atom stereocenters. The number of nitrogens with one attached hydrogen (secondary N) is 1. The van der Waals surface area contributed by atoms with E-state index in [1.54, 1.807) is 49.4 Å². The SMILES string of the molecule is Cc1ccc(Cl)cc1N1C(=O)NC(=O)/C(=C\c2ccc(OCc3cccc(Cl)c3)cc2)C1=O. The van der Waals surface area contributed by atoms with Gasteiger partial charge in [-0.05, 0) is 66.1 Å². The normalized spacial score (nSPS) is 15.1. The van der Waals surface area contributed by atoms with Gasteiger partial charge in [0.15, 0.2) is 0 Å². The Morgan fingerprint density at radius 1 is 0.939 bits per heavy atom. The fourth-order valence-electron chi connectivity index (χ4n) is 3.32. The van der Waals surface area contributed by atoms with Crippen LogP contribution >= 0.6 is 23.2 Å². The van der Waals surface area contributed by atoms with Crippen LogP contribution in [0, 0.1) is 6.92 Å². The van der Waals surface area contributed by atoms with Gasteiger partial charge >= 0.3 is 6.03 Å². The highest BCUT2D eigenvalue weighted by atomic mass is 35.5. The number of halogens is 2. The molecule has 166 valence electrons. The molecule has 1 aliphatic heterocycles. The molecule has 4 amide bonds. The molecule has 33 heavy (non-hydrogen) atoms. The molecule has 0 aromatic heterocycles. The first-order valence-corrected chi connectivity index (χ1v) is 10.7. The largest absolute Gasteiger partial charge is 0.489 e. The van der Waals surface area contributed by atoms with Crippen molar-refractivity contribution in [1.82, 2.24) is 5.32 Å². The van der Waals surface area contributed by atoms with Gasteiger partial charge in [0, 0.05) is 10.0 Å². The summed E-state index contributed by atoms with van der Waals surface area (Å²) in [6.45, 7) is 2.09. The van der Waals surface area contributed by atoms with E-state index in [1.807, 2.05) is 18.2 Å². The number of aryl methyl sites for hydroxylation is 1. The molecule has 1 N–H and O–H groups in total. The molecule has 8 heteroatoms. The van der Waals surface area contributed by atoms with Crippen molar-refractivity contribution in [2.24, 2.45) is 0 Å². The molecule has 0 spiro atoms. The Labute approximate surface area is 200 Å². The number of urea groups is 1. The van der Waals surface area contributed by atoms with Gasteiger partial charge in [-0.1, -0.05) is 53.5 Å². The summed E-state index contributed by atoms with van der Waals surface area (Å²) in [4.78, 5) is 38.8. The molecule has 0 atom stereocenters. The third-order valence-corrected chi connectivity index (χ3v) is 5.47. The highest BCUT2D eigenvalue weighted by molar-refractivity contribution is 6.39. The summed E-state index contributed by atoms with van der Waals surface area (Å²) in [6.07, 6.45) is 1.43. The van der Waals surface area contributed by atoms with Crippen LogP contribution in [0.2, 0.25) is 10.0 Å². The van der Waals surface area contributed by atoms with Crippen molar-refractivity contribution in [3.63, 3.8) is 0 Å². The quantitative estimate of drug-likeness (QED) is 0.383. The third kappa shape index (κ3) is 5.08. The fraction of sp³-hybridized carbons (Fsp3) is 0.0800. The van der Waals surface area contributed by atoms with Gasteiger partial charge in [0.05, 0.1) is 5.69 Å². The van der Waals surface area contributed by atoms with E-state index in [0.717, 1.165) is 10.5 Å². The number of imide groups is 2. The number of barbiturate groups is 1. The van der Waals surface area contributed by atoms with Crippen LogP contribution in [0.3, 0.4) is 0 Å². The monoisotopic (exact) mass is 480 g/mol. The minimum Gasteiger partial charge on any atom is -0.489 e. The van der Waals surface area contributed by atoms with Crippen LogP contribution in [0.15, 0.2) is 72.3 Å². The molecule has 3 aromatic rings. The number of nitrogens with zero attached hydrogens (tertiary/aromatic N) is 1. The van der Waals surface area contributed by atoms with E-state index in [1.165, 1.54) is 12.1 Å². The smallest absolute Gasteiger partial charge is 0.335 e. The molecule has 6 nitrogen and oxygen atoms in total. The van der Waals surface area contributed by atoms with Gasteiger partial charge in [0.1, 0.15) is 17.9 Å². The van der Waals surface area contributed by atoms with Crippen molar-refractivity contribution in [3.8, 4) is 5.75 Å². The zero-order valence-electron chi connectivity index (χ0n) is 17.5. The maximum absolute atomic E-state index is 13.1. The van der Waals surface area contributed by atoms with E-state index in [2.05, 4.69) is 5.32 Å². The highest BCUT2D eigenvalue weighted by Crippen LogP contribution is 2.28. The van der Waals surface area contributed by atoms with Crippen molar-refractivity contribution in [2.75, 3.05) is 4.90 Å². The Kier molecular flexibility index (Phi) is 6.49. The standard InChI is InChI=1S/C25H18Cl2N2O4/c1-15-5-8-19(27)13-22(15)29-24(31)21(23(30)28-25(29)32)12-16-6-9-20(10-7-16)33-14-17-3-2-4-18(26)11-17/h2-13H,14H2,1H3,(H,28,30,32)/b21-12+. The van der Waals surface area contributed by atoms with E-state index in [0.29, 0.717) is 39.2 Å².